The van der Waals surface area contributed by atoms with Crippen LogP contribution in [0.15, 0.2) is 24.3 Å². The van der Waals surface area contributed by atoms with Gasteiger partial charge >= 0.3 is 0 Å². The molecule has 5 nitrogen and oxygen atoms in total. The number of methoxy groups -OCH3 is 1. The minimum absolute atomic E-state index is 0.0106. The Balaban J connectivity index is 2.14. The maximum absolute atomic E-state index is 13.0. The van der Waals surface area contributed by atoms with E-state index in [0.29, 0.717) is 19.6 Å². The Labute approximate surface area is 125 Å². The molecule has 0 saturated carbocycles. The molecule has 0 aromatic heterocycles. The Morgan fingerprint density at radius 1 is 1.29 bits per heavy atom. The summed E-state index contributed by atoms with van der Waals surface area (Å²) < 4.78 is 43.9. The van der Waals surface area contributed by atoms with E-state index in [1.807, 2.05) is 7.05 Å². The molecular formula is C14H21FN2O3S. The predicted molar refractivity (Wildman–Crippen MR) is 79.0 cm³/mol. The minimum Gasteiger partial charge on any atom is -0.384 e. The number of ether oxygens (including phenoxy) is 1. The summed E-state index contributed by atoms with van der Waals surface area (Å²) >= 11 is 0. The summed E-state index contributed by atoms with van der Waals surface area (Å²) in [6, 6.07) is 6.17. The molecule has 2 rings (SSSR count). The van der Waals surface area contributed by atoms with Crippen molar-refractivity contribution in [2.75, 3.05) is 46.2 Å². The maximum atomic E-state index is 13.0. The highest BCUT2D eigenvalue weighted by molar-refractivity contribution is 7.89. The van der Waals surface area contributed by atoms with Crippen molar-refractivity contribution in [3.05, 3.63) is 35.6 Å². The van der Waals surface area contributed by atoms with Crippen LogP contribution >= 0.6 is 0 Å². The highest BCUT2D eigenvalue weighted by Gasteiger charge is 2.32. The SMILES string of the molecule is COCCS(=O)(=O)N1CCN(C)C(c2ccc(F)cc2)C1. The molecule has 1 aromatic carbocycles. The van der Waals surface area contributed by atoms with Gasteiger partial charge in [0.05, 0.1) is 12.4 Å². The number of hydrogen-bond acceptors (Lipinski definition) is 4. The molecule has 1 fully saturated rings. The summed E-state index contributed by atoms with van der Waals surface area (Å²) in [4.78, 5) is 2.09. The lowest BCUT2D eigenvalue weighted by Gasteiger charge is -2.39. The number of likely N-dealkylation sites (N-methyl/N-ethyl adjacent to an activating group) is 1. The standard InChI is InChI=1S/C14H21FN2O3S/c1-16-7-8-17(21(18,19)10-9-20-2)11-14(16)12-3-5-13(15)6-4-12/h3-6,14H,7-11H2,1-2H3. The topological polar surface area (TPSA) is 49.9 Å². The van der Waals surface area contributed by atoms with Gasteiger partial charge in [0.15, 0.2) is 0 Å². The number of rotatable bonds is 5. The van der Waals surface area contributed by atoms with Crippen molar-refractivity contribution in [3.8, 4) is 0 Å². The van der Waals surface area contributed by atoms with Crippen molar-refractivity contribution < 1.29 is 17.5 Å². The van der Waals surface area contributed by atoms with E-state index in [9.17, 15) is 12.8 Å². The van der Waals surface area contributed by atoms with E-state index >= 15 is 0 Å². The van der Waals surface area contributed by atoms with Gasteiger partial charge in [-0.05, 0) is 24.7 Å². The van der Waals surface area contributed by atoms with Gasteiger partial charge < -0.3 is 4.74 Å². The van der Waals surface area contributed by atoms with Crippen LogP contribution in [0.1, 0.15) is 11.6 Å². The molecule has 1 heterocycles. The van der Waals surface area contributed by atoms with E-state index in [1.165, 1.54) is 23.5 Å². The van der Waals surface area contributed by atoms with Gasteiger partial charge in [-0.2, -0.15) is 4.31 Å². The molecule has 1 atom stereocenters. The first-order chi connectivity index (χ1) is 9.94. The molecular weight excluding hydrogens is 295 g/mol. The number of benzene rings is 1. The zero-order chi connectivity index (χ0) is 15.5. The van der Waals surface area contributed by atoms with Crippen molar-refractivity contribution in [2.45, 2.75) is 6.04 Å². The molecule has 0 amide bonds. The first-order valence-corrected chi connectivity index (χ1v) is 8.47. The maximum Gasteiger partial charge on any atom is 0.216 e. The van der Waals surface area contributed by atoms with E-state index in [4.69, 9.17) is 4.74 Å². The second kappa shape index (κ2) is 6.83. The molecule has 0 bridgehead atoms. The lowest BCUT2D eigenvalue weighted by atomic mass is 10.0. The number of nitrogens with zero attached hydrogens (tertiary/aromatic N) is 2. The fraction of sp³-hybridized carbons (Fsp3) is 0.571. The summed E-state index contributed by atoms with van der Waals surface area (Å²) in [7, 11) is 0.128. The van der Waals surface area contributed by atoms with Gasteiger partial charge in [-0.1, -0.05) is 12.1 Å². The van der Waals surface area contributed by atoms with E-state index in [1.54, 1.807) is 12.1 Å². The lowest BCUT2D eigenvalue weighted by molar-refractivity contribution is 0.147. The van der Waals surface area contributed by atoms with Crippen molar-refractivity contribution in [3.63, 3.8) is 0 Å². The van der Waals surface area contributed by atoms with Gasteiger partial charge in [0.1, 0.15) is 5.82 Å². The first kappa shape index (κ1) is 16.4. The third kappa shape index (κ3) is 4.00. The number of sulfonamides is 1. The second-order valence-corrected chi connectivity index (χ2v) is 7.30. The van der Waals surface area contributed by atoms with Gasteiger partial charge in [-0.25, -0.2) is 12.8 Å². The zero-order valence-electron chi connectivity index (χ0n) is 12.3. The van der Waals surface area contributed by atoms with Gasteiger partial charge in [0.2, 0.25) is 10.0 Å². The minimum atomic E-state index is -3.31. The van der Waals surface area contributed by atoms with Crippen molar-refractivity contribution >= 4 is 10.0 Å². The largest absolute Gasteiger partial charge is 0.384 e. The second-order valence-electron chi connectivity index (χ2n) is 5.21. The van der Waals surface area contributed by atoms with Crippen LogP contribution in [0.4, 0.5) is 4.39 Å². The molecule has 118 valence electrons. The Kier molecular flexibility index (Phi) is 5.32. The Morgan fingerprint density at radius 2 is 1.95 bits per heavy atom. The molecule has 1 aliphatic heterocycles. The lowest BCUT2D eigenvalue weighted by Crippen LogP contribution is -2.49. The molecule has 0 aliphatic carbocycles. The van der Waals surface area contributed by atoms with Crippen LogP contribution in [0, 0.1) is 5.82 Å². The molecule has 1 saturated heterocycles. The monoisotopic (exact) mass is 316 g/mol. The van der Waals surface area contributed by atoms with Gasteiger partial charge in [0, 0.05) is 32.8 Å². The number of hydrogen-bond donors (Lipinski definition) is 0. The van der Waals surface area contributed by atoms with Crippen LogP contribution in [0.2, 0.25) is 0 Å². The predicted octanol–water partition coefficient (Wildman–Crippen LogP) is 1.09. The molecule has 21 heavy (non-hydrogen) atoms. The summed E-state index contributed by atoms with van der Waals surface area (Å²) in [6.07, 6.45) is 0. The normalized spacial score (nSPS) is 21.6. The highest BCUT2D eigenvalue weighted by Crippen LogP contribution is 2.25. The molecule has 7 heteroatoms. The third-order valence-corrected chi connectivity index (χ3v) is 5.61. The summed E-state index contributed by atoms with van der Waals surface area (Å²) in [5.41, 5.74) is 0.922. The highest BCUT2D eigenvalue weighted by atomic mass is 32.2. The van der Waals surface area contributed by atoms with Crippen LogP contribution in [-0.2, 0) is 14.8 Å². The first-order valence-electron chi connectivity index (χ1n) is 6.86. The summed E-state index contributed by atoms with van der Waals surface area (Å²) in [5.74, 6) is -0.301. The van der Waals surface area contributed by atoms with Crippen LogP contribution in [0.25, 0.3) is 0 Å². The van der Waals surface area contributed by atoms with E-state index in [-0.39, 0.29) is 24.2 Å². The summed E-state index contributed by atoms with van der Waals surface area (Å²) in [5, 5.41) is 0. The Bertz CT molecular complexity index is 562. The van der Waals surface area contributed by atoms with Crippen LogP contribution in [0.5, 0.6) is 0 Å². The molecule has 0 spiro atoms. The van der Waals surface area contributed by atoms with Crippen LogP contribution in [-0.4, -0.2) is 63.8 Å². The van der Waals surface area contributed by atoms with Crippen LogP contribution < -0.4 is 0 Å². The van der Waals surface area contributed by atoms with Crippen molar-refractivity contribution in [1.29, 1.82) is 0 Å². The third-order valence-electron chi connectivity index (χ3n) is 3.80. The quantitative estimate of drug-likeness (QED) is 0.816. The van der Waals surface area contributed by atoms with Gasteiger partial charge in [0.25, 0.3) is 0 Å². The van der Waals surface area contributed by atoms with Crippen molar-refractivity contribution in [1.82, 2.24) is 9.21 Å². The van der Waals surface area contributed by atoms with E-state index in [0.717, 1.165) is 5.56 Å². The van der Waals surface area contributed by atoms with Gasteiger partial charge in [-0.15, -0.1) is 0 Å². The Hall–Kier alpha value is -1.02. The Morgan fingerprint density at radius 3 is 2.57 bits per heavy atom. The van der Waals surface area contributed by atoms with Gasteiger partial charge in [-0.3, -0.25) is 4.90 Å². The van der Waals surface area contributed by atoms with E-state index in [2.05, 4.69) is 4.90 Å². The fourth-order valence-electron chi connectivity index (χ4n) is 2.46. The smallest absolute Gasteiger partial charge is 0.216 e. The molecule has 1 unspecified atom stereocenters. The number of halogens is 1. The fourth-order valence-corrected chi connectivity index (χ4v) is 3.83. The van der Waals surface area contributed by atoms with Crippen LogP contribution in [0.3, 0.4) is 0 Å². The molecule has 0 N–H and O–H groups in total. The average molecular weight is 316 g/mol. The molecule has 1 aromatic rings. The molecule has 0 radical (unpaired) electrons. The summed E-state index contributed by atoms with van der Waals surface area (Å²) in [6.45, 7) is 1.69. The number of piperazine rings is 1. The van der Waals surface area contributed by atoms with Crippen molar-refractivity contribution in [2.24, 2.45) is 0 Å². The molecule has 1 aliphatic rings. The van der Waals surface area contributed by atoms with E-state index < -0.39 is 10.0 Å². The average Bonchev–Trinajstić information content (AvgIpc) is 2.46. The zero-order valence-corrected chi connectivity index (χ0v) is 13.1.